The van der Waals surface area contributed by atoms with Gasteiger partial charge in [-0.2, -0.15) is 13.2 Å². The molecule has 0 aliphatic rings. The SMILES string of the molecule is Cc1cc(C(C)(O)C(F)(F)F)c(C)cc1Br. The molecule has 0 saturated carbocycles. The molecule has 0 aromatic heterocycles. The van der Waals surface area contributed by atoms with Gasteiger partial charge in [-0.05, 0) is 43.5 Å². The second-order valence-corrected chi connectivity index (χ2v) is 4.84. The lowest BCUT2D eigenvalue weighted by atomic mass is 9.90. The molecule has 0 aliphatic carbocycles. The highest BCUT2D eigenvalue weighted by atomic mass is 79.9. The van der Waals surface area contributed by atoms with Crippen LogP contribution in [0.2, 0.25) is 0 Å². The van der Waals surface area contributed by atoms with Crippen molar-refractivity contribution in [2.24, 2.45) is 0 Å². The Morgan fingerprint density at radius 3 is 2.06 bits per heavy atom. The molecule has 1 N–H and O–H groups in total. The molecule has 0 saturated heterocycles. The van der Waals surface area contributed by atoms with Crippen LogP contribution in [0, 0.1) is 13.8 Å². The molecule has 5 heteroatoms. The maximum absolute atomic E-state index is 12.7. The number of alkyl halides is 3. The van der Waals surface area contributed by atoms with Crippen LogP contribution < -0.4 is 0 Å². The smallest absolute Gasteiger partial charge is 0.376 e. The van der Waals surface area contributed by atoms with Crippen molar-refractivity contribution >= 4 is 15.9 Å². The maximum Gasteiger partial charge on any atom is 0.421 e. The van der Waals surface area contributed by atoms with Crippen LogP contribution in [0.25, 0.3) is 0 Å². The topological polar surface area (TPSA) is 20.2 Å². The molecule has 90 valence electrons. The predicted molar refractivity (Wildman–Crippen MR) is 59.2 cm³/mol. The number of aryl methyl sites for hydroxylation is 2. The Morgan fingerprint density at radius 2 is 1.62 bits per heavy atom. The van der Waals surface area contributed by atoms with Crippen molar-refractivity contribution in [3.63, 3.8) is 0 Å². The van der Waals surface area contributed by atoms with Crippen molar-refractivity contribution in [1.82, 2.24) is 0 Å². The summed E-state index contributed by atoms with van der Waals surface area (Å²) in [4.78, 5) is 0. The van der Waals surface area contributed by atoms with Crippen LogP contribution in [0.3, 0.4) is 0 Å². The fraction of sp³-hybridized carbons (Fsp3) is 0.455. The summed E-state index contributed by atoms with van der Waals surface area (Å²) in [5.41, 5.74) is -1.87. The van der Waals surface area contributed by atoms with Gasteiger partial charge in [0.15, 0.2) is 5.60 Å². The molecule has 0 spiro atoms. The summed E-state index contributed by atoms with van der Waals surface area (Å²) >= 11 is 3.23. The molecule has 16 heavy (non-hydrogen) atoms. The molecular formula is C11H12BrF3O. The summed E-state index contributed by atoms with van der Waals surface area (Å²) in [7, 11) is 0. The molecule has 0 heterocycles. The van der Waals surface area contributed by atoms with Gasteiger partial charge in [-0.25, -0.2) is 0 Å². The van der Waals surface area contributed by atoms with E-state index in [9.17, 15) is 18.3 Å². The lowest BCUT2D eigenvalue weighted by molar-refractivity contribution is -0.259. The van der Waals surface area contributed by atoms with E-state index in [4.69, 9.17) is 0 Å². The Hall–Kier alpha value is -0.550. The van der Waals surface area contributed by atoms with Gasteiger partial charge < -0.3 is 5.11 Å². The van der Waals surface area contributed by atoms with Crippen molar-refractivity contribution in [3.05, 3.63) is 33.3 Å². The second-order valence-electron chi connectivity index (χ2n) is 3.99. The lowest BCUT2D eigenvalue weighted by Crippen LogP contribution is -2.39. The fourth-order valence-electron chi connectivity index (χ4n) is 1.46. The highest BCUT2D eigenvalue weighted by molar-refractivity contribution is 9.10. The van der Waals surface area contributed by atoms with Gasteiger partial charge in [-0.1, -0.05) is 22.0 Å². The number of hydrogen-bond donors (Lipinski definition) is 1. The van der Waals surface area contributed by atoms with Gasteiger partial charge in [-0.15, -0.1) is 0 Å². The van der Waals surface area contributed by atoms with Gasteiger partial charge in [-0.3, -0.25) is 0 Å². The monoisotopic (exact) mass is 296 g/mol. The van der Waals surface area contributed by atoms with E-state index < -0.39 is 11.8 Å². The van der Waals surface area contributed by atoms with E-state index in [2.05, 4.69) is 15.9 Å². The molecule has 0 aliphatic heterocycles. The van der Waals surface area contributed by atoms with Gasteiger partial charge in [0.1, 0.15) is 0 Å². The van der Waals surface area contributed by atoms with E-state index in [1.54, 1.807) is 19.9 Å². The van der Waals surface area contributed by atoms with Crippen molar-refractivity contribution in [3.8, 4) is 0 Å². The maximum atomic E-state index is 12.7. The van der Waals surface area contributed by atoms with E-state index in [1.165, 1.54) is 6.07 Å². The minimum atomic E-state index is -4.68. The average molecular weight is 297 g/mol. The Bertz CT molecular complexity index is 410. The third-order valence-corrected chi connectivity index (χ3v) is 3.44. The van der Waals surface area contributed by atoms with Crippen molar-refractivity contribution in [2.75, 3.05) is 0 Å². The third-order valence-electron chi connectivity index (χ3n) is 2.58. The summed E-state index contributed by atoms with van der Waals surface area (Å²) in [5.74, 6) is 0. The van der Waals surface area contributed by atoms with E-state index in [0.717, 1.165) is 11.4 Å². The van der Waals surface area contributed by atoms with Gasteiger partial charge in [0, 0.05) is 4.47 Å². The third kappa shape index (κ3) is 2.25. The second kappa shape index (κ2) is 4.04. The summed E-state index contributed by atoms with van der Waals surface area (Å²) in [6, 6.07) is 2.93. The Balaban J connectivity index is 3.39. The Labute approximate surface area is 100 Å². The Morgan fingerprint density at radius 1 is 1.12 bits per heavy atom. The number of hydrogen-bond acceptors (Lipinski definition) is 1. The minimum absolute atomic E-state index is 0.110. The summed E-state index contributed by atoms with van der Waals surface area (Å²) in [6.07, 6.45) is -4.68. The van der Waals surface area contributed by atoms with Crippen LogP contribution in [0.1, 0.15) is 23.6 Å². The quantitative estimate of drug-likeness (QED) is 0.835. The van der Waals surface area contributed by atoms with Crippen LogP contribution in [0.15, 0.2) is 16.6 Å². The molecule has 0 fully saturated rings. The first-order valence-electron chi connectivity index (χ1n) is 4.63. The van der Waals surface area contributed by atoms with Gasteiger partial charge in [0.2, 0.25) is 0 Å². The van der Waals surface area contributed by atoms with E-state index in [-0.39, 0.29) is 5.56 Å². The van der Waals surface area contributed by atoms with Crippen LogP contribution in [0.4, 0.5) is 13.2 Å². The zero-order chi connectivity index (χ0) is 12.7. The highest BCUT2D eigenvalue weighted by Gasteiger charge is 2.51. The number of aliphatic hydroxyl groups is 1. The molecular weight excluding hydrogens is 285 g/mol. The van der Waals surface area contributed by atoms with Gasteiger partial charge in [0.25, 0.3) is 0 Å². The van der Waals surface area contributed by atoms with E-state index in [0.29, 0.717) is 11.1 Å². The van der Waals surface area contributed by atoms with Crippen molar-refractivity contribution in [2.45, 2.75) is 32.5 Å². The van der Waals surface area contributed by atoms with Crippen LogP contribution in [-0.2, 0) is 5.60 Å². The number of rotatable bonds is 1. The zero-order valence-corrected chi connectivity index (χ0v) is 10.7. The summed E-state index contributed by atoms with van der Waals surface area (Å²) in [5, 5.41) is 9.58. The van der Waals surface area contributed by atoms with E-state index >= 15 is 0 Å². The molecule has 1 atom stereocenters. The molecule has 1 nitrogen and oxygen atoms in total. The molecule has 1 unspecified atom stereocenters. The standard InChI is InChI=1S/C11H12BrF3O/c1-6-5-9(12)7(2)4-8(6)10(3,16)11(13,14)15/h4-5,16H,1-3H3. The zero-order valence-electron chi connectivity index (χ0n) is 9.11. The first kappa shape index (κ1) is 13.5. The molecule has 1 aromatic carbocycles. The summed E-state index contributed by atoms with van der Waals surface area (Å²) < 4.78 is 38.7. The number of halogens is 4. The predicted octanol–water partition coefficient (Wildman–Crippen LogP) is 3.84. The van der Waals surface area contributed by atoms with Gasteiger partial charge in [0.05, 0.1) is 0 Å². The largest absolute Gasteiger partial charge is 0.421 e. The summed E-state index contributed by atoms with van der Waals surface area (Å²) in [6.45, 7) is 3.99. The molecule has 1 rings (SSSR count). The normalized spacial score (nSPS) is 16.0. The minimum Gasteiger partial charge on any atom is -0.376 e. The van der Waals surface area contributed by atoms with Crippen LogP contribution in [-0.4, -0.2) is 11.3 Å². The Kier molecular flexibility index (Phi) is 3.41. The van der Waals surface area contributed by atoms with Crippen LogP contribution in [0.5, 0.6) is 0 Å². The van der Waals surface area contributed by atoms with E-state index in [1.807, 2.05) is 0 Å². The van der Waals surface area contributed by atoms with Gasteiger partial charge >= 0.3 is 6.18 Å². The van der Waals surface area contributed by atoms with Crippen LogP contribution >= 0.6 is 15.9 Å². The molecule has 1 aromatic rings. The lowest BCUT2D eigenvalue weighted by Gasteiger charge is -2.28. The van der Waals surface area contributed by atoms with Crippen molar-refractivity contribution in [1.29, 1.82) is 0 Å². The highest BCUT2D eigenvalue weighted by Crippen LogP contribution is 2.40. The molecule has 0 amide bonds. The molecule has 0 bridgehead atoms. The first-order chi connectivity index (χ1) is 7.07. The first-order valence-corrected chi connectivity index (χ1v) is 5.43. The fourth-order valence-corrected chi connectivity index (χ4v) is 1.92. The number of benzene rings is 1. The van der Waals surface area contributed by atoms with Crippen molar-refractivity contribution < 1.29 is 18.3 Å². The average Bonchev–Trinajstić information content (AvgIpc) is 2.09. The molecule has 0 radical (unpaired) electrons.